The summed E-state index contributed by atoms with van der Waals surface area (Å²) in [7, 11) is 0. The first kappa shape index (κ1) is 12.6. The lowest BCUT2D eigenvalue weighted by molar-refractivity contribution is 0.272. The molecule has 3 aromatic rings. The molecule has 1 aliphatic rings. The molecule has 0 radical (unpaired) electrons. The van der Waals surface area contributed by atoms with E-state index in [0.717, 1.165) is 39.1 Å². The zero-order valence-electron chi connectivity index (χ0n) is 11.0. The fraction of sp³-hybridized carbons (Fsp3) is 0.214. The summed E-state index contributed by atoms with van der Waals surface area (Å²) in [5, 5.41) is 11.2. The average molecular weight is 346 g/mol. The predicted octanol–water partition coefficient (Wildman–Crippen LogP) is 3.05. The Bertz CT molecular complexity index is 803. The van der Waals surface area contributed by atoms with Crippen molar-refractivity contribution in [2.45, 2.75) is 12.5 Å². The van der Waals surface area contributed by atoms with Crippen molar-refractivity contribution in [2.75, 3.05) is 11.9 Å². The Morgan fingerprint density at radius 1 is 1.33 bits per heavy atom. The van der Waals surface area contributed by atoms with Crippen molar-refractivity contribution in [1.82, 2.24) is 20.2 Å². The number of para-hydroxylation sites is 1. The van der Waals surface area contributed by atoms with E-state index in [1.807, 2.05) is 12.1 Å². The summed E-state index contributed by atoms with van der Waals surface area (Å²) in [5.74, 6) is 1.69. The van der Waals surface area contributed by atoms with Crippen LogP contribution in [0.25, 0.3) is 11.0 Å². The third kappa shape index (κ3) is 2.13. The quantitative estimate of drug-likeness (QED) is 0.746. The summed E-state index contributed by atoms with van der Waals surface area (Å²) in [5.41, 5.74) is 1.86. The minimum Gasteiger partial charge on any atom is -0.492 e. The highest BCUT2D eigenvalue weighted by molar-refractivity contribution is 9.10. The molecular formula is C14H12BrN5O. The monoisotopic (exact) mass is 345 g/mol. The second-order valence-electron chi connectivity index (χ2n) is 4.85. The number of halogens is 1. The Labute approximate surface area is 129 Å². The molecule has 0 spiro atoms. The summed E-state index contributed by atoms with van der Waals surface area (Å²) >= 11 is 3.54. The molecule has 0 amide bonds. The van der Waals surface area contributed by atoms with Gasteiger partial charge in [-0.3, -0.25) is 5.10 Å². The van der Waals surface area contributed by atoms with Crippen molar-refractivity contribution >= 4 is 32.8 Å². The van der Waals surface area contributed by atoms with Gasteiger partial charge in [0.05, 0.1) is 28.7 Å². The van der Waals surface area contributed by atoms with E-state index in [4.69, 9.17) is 4.74 Å². The molecular weight excluding hydrogens is 334 g/mol. The topological polar surface area (TPSA) is 75.7 Å². The maximum absolute atomic E-state index is 5.76. The van der Waals surface area contributed by atoms with Crippen molar-refractivity contribution in [3.63, 3.8) is 0 Å². The molecule has 0 aliphatic carbocycles. The van der Waals surface area contributed by atoms with Crippen molar-refractivity contribution in [1.29, 1.82) is 0 Å². The van der Waals surface area contributed by atoms with Crippen LogP contribution in [0.4, 0.5) is 5.82 Å². The summed E-state index contributed by atoms with van der Waals surface area (Å²) < 4.78 is 6.73. The van der Waals surface area contributed by atoms with E-state index >= 15 is 0 Å². The van der Waals surface area contributed by atoms with Gasteiger partial charge in [-0.15, -0.1) is 0 Å². The van der Waals surface area contributed by atoms with Gasteiger partial charge in [-0.1, -0.05) is 12.1 Å². The van der Waals surface area contributed by atoms with Crippen LogP contribution in [-0.4, -0.2) is 26.8 Å². The second kappa shape index (κ2) is 5.00. The highest BCUT2D eigenvalue weighted by atomic mass is 79.9. The molecule has 3 heterocycles. The lowest BCUT2D eigenvalue weighted by Crippen LogP contribution is -2.21. The average Bonchev–Trinajstić information content (AvgIpc) is 2.98. The molecule has 2 aromatic heterocycles. The Morgan fingerprint density at radius 3 is 3.24 bits per heavy atom. The van der Waals surface area contributed by atoms with Gasteiger partial charge in [0.15, 0.2) is 5.65 Å². The normalized spacial score (nSPS) is 17.3. The van der Waals surface area contributed by atoms with Crippen molar-refractivity contribution in [2.24, 2.45) is 0 Å². The van der Waals surface area contributed by atoms with Gasteiger partial charge >= 0.3 is 0 Å². The zero-order valence-corrected chi connectivity index (χ0v) is 12.6. The number of nitrogens with zero attached hydrogens (tertiary/aromatic N) is 3. The lowest BCUT2D eigenvalue weighted by atomic mass is 10.0. The van der Waals surface area contributed by atoms with Gasteiger partial charge in [0.25, 0.3) is 0 Å². The SMILES string of the molecule is Brc1cccc2c1OCCC2Nc1ncnc2[nH]ncc12. The Kier molecular flexibility index (Phi) is 2.99. The van der Waals surface area contributed by atoms with Crippen LogP contribution >= 0.6 is 15.9 Å². The van der Waals surface area contributed by atoms with Crippen LogP contribution in [-0.2, 0) is 0 Å². The number of aromatic amines is 1. The van der Waals surface area contributed by atoms with Crippen LogP contribution in [0.15, 0.2) is 35.2 Å². The van der Waals surface area contributed by atoms with Gasteiger partial charge in [-0.2, -0.15) is 5.10 Å². The fourth-order valence-corrected chi connectivity index (χ4v) is 3.08. The highest BCUT2D eigenvalue weighted by Gasteiger charge is 2.24. The number of ether oxygens (including phenoxy) is 1. The number of fused-ring (bicyclic) bond motifs is 2. The Hall–Kier alpha value is -2.15. The first-order valence-electron chi connectivity index (χ1n) is 6.65. The van der Waals surface area contributed by atoms with Crippen LogP contribution < -0.4 is 10.1 Å². The van der Waals surface area contributed by atoms with Crippen molar-refractivity contribution in [3.8, 4) is 5.75 Å². The fourth-order valence-electron chi connectivity index (χ4n) is 2.58. The van der Waals surface area contributed by atoms with Gasteiger partial charge in [-0.05, 0) is 22.0 Å². The van der Waals surface area contributed by atoms with Gasteiger partial charge in [0.1, 0.15) is 17.9 Å². The maximum Gasteiger partial charge on any atom is 0.160 e. The van der Waals surface area contributed by atoms with Gasteiger partial charge in [-0.25, -0.2) is 9.97 Å². The van der Waals surface area contributed by atoms with Crippen molar-refractivity contribution in [3.05, 3.63) is 40.8 Å². The number of hydrogen-bond donors (Lipinski definition) is 2. The number of nitrogens with one attached hydrogen (secondary N) is 2. The van der Waals surface area contributed by atoms with Gasteiger partial charge in [0.2, 0.25) is 0 Å². The third-order valence-electron chi connectivity index (χ3n) is 3.58. The third-order valence-corrected chi connectivity index (χ3v) is 4.21. The summed E-state index contributed by atoms with van der Waals surface area (Å²) in [4.78, 5) is 8.49. The van der Waals surface area contributed by atoms with E-state index in [0.29, 0.717) is 6.61 Å². The van der Waals surface area contributed by atoms with Crippen LogP contribution in [0.3, 0.4) is 0 Å². The highest BCUT2D eigenvalue weighted by Crippen LogP contribution is 2.39. The van der Waals surface area contributed by atoms with E-state index in [-0.39, 0.29) is 6.04 Å². The molecule has 0 fully saturated rings. The van der Waals surface area contributed by atoms with Crippen LogP contribution in [0.2, 0.25) is 0 Å². The number of rotatable bonds is 2. The molecule has 0 saturated heterocycles. The molecule has 0 bridgehead atoms. The molecule has 2 N–H and O–H groups in total. The van der Waals surface area contributed by atoms with E-state index in [1.54, 1.807) is 6.20 Å². The Balaban J connectivity index is 1.73. The van der Waals surface area contributed by atoms with E-state index in [2.05, 4.69) is 47.5 Å². The molecule has 6 nitrogen and oxygen atoms in total. The summed E-state index contributed by atoms with van der Waals surface area (Å²) in [6.07, 6.45) is 4.15. The summed E-state index contributed by atoms with van der Waals surface area (Å²) in [6, 6.07) is 6.23. The van der Waals surface area contributed by atoms with Crippen LogP contribution in [0.1, 0.15) is 18.0 Å². The number of H-pyrrole nitrogens is 1. The van der Waals surface area contributed by atoms with Crippen LogP contribution in [0, 0.1) is 0 Å². The van der Waals surface area contributed by atoms with E-state index < -0.39 is 0 Å². The smallest absolute Gasteiger partial charge is 0.160 e. The largest absolute Gasteiger partial charge is 0.492 e. The Morgan fingerprint density at radius 2 is 2.29 bits per heavy atom. The van der Waals surface area contributed by atoms with E-state index in [9.17, 15) is 0 Å². The molecule has 7 heteroatoms. The number of benzene rings is 1. The number of aromatic nitrogens is 4. The maximum atomic E-state index is 5.76. The predicted molar refractivity (Wildman–Crippen MR) is 82.3 cm³/mol. The summed E-state index contributed by atoms with van der Waals surface area (Å²) in [6.45, 7) is 0.674. The molecule has 1 aliphatic heterocycles. The molecule has 1 atom stereocenters. The minimum absolute atomic E-state index is 0.152. The second-order valence-corrected chi connectivity index (χ2v) is 5.70. The molecule has 1 unspecified atom stereocenters. The van der Waals surface area contributed by atoms with Crippen LogP contribution in [0.5, 0.6) is 5.75 Å². The molecule has 1 aromatic carbocycles. The molecule has 4 rings (SSSR count). The molecule has 0 saturated carbocycles. The standard InChI is InChI=1S/C14H12BrN5O/c15-10-3-1-2-8-11(4-5-21-12(8)10)19-13-9-6-18-20-14(9)17-7-16-13/h1-3,6-7,11H,4-5H2,(H2,16,17,18,19,20). The van der Waals surface area contributed by atoms with Gasteiger partial charge < -0.3 is 10.1 Å². The first-order chi connectivity index (χ1) is 10.3. The number of anilines is 1. The molecule has 106 valence electrons. The number of hydrogen-bond acceptors (Lipinski definition) is 5. The van der Waals surface area contributed by atoms with E-state index in [1.165, 1.54) is 6.33 Å². The lowest BCUT2D eigenvalue weighted by Gasteiger charge is -2.27. The first-order valence-corrected chi connectivity index (χ1v) is 7.44. The van der Waals surface area contributed by atoms with Crippen molar-refractivity contribution < 1.29 is 4.74 Å². The molecule has 21 heavy (non-hydrogen) atoms. The minimum atomic E-state index is 0.152. The van der Waals surface area contributed by atoms with Gasteiger partial charge in [0, 0.05) is 12.0 Å². The zero-order chi connectivity index (χ0) is 14.2.